The number of H-pyrrole nitrogens is 2. The van der Waals surface area contributed by atoms with Gasteiger partial charge in [-0.1, -0.05) is 39.8 Å². The van der Waals surface area contributed by atoms with Crippen molar-refractivity contribution in [1.29, 1.82) is 0 Å². The fourth-order valence-electron chi connectivity index (χ4n) is 9.62. The summed E-state index contributed by atoms with van der Waals surface area (Å²) < 4.78 is 34.1. The van der Waals surface area contributed by atoms with E-state index in [0.717, 1.165) is 46.6 Å². The number of methoxy groups -OCH3 is 1. The number of ether oxygens (including phenoxy) is 1. The number of likely N-dealkylation sites (tertiary alicyclic amines) is 2. The summed E-state index contributed by atoms with van der Waals surface area (Å²) in [7, 11) is 1.27. The van der Waals surface area contributed by atoms with Crippen molar-refractivity contribution in [2.24, 2.45) is 11.8 Å². The molecule has 0 bridgehead atoms. The third-order valence-electron chi connectivity index (χ3n) is 12.7. The quantitative estimate of drug-likeness (QED) is 0.0883. The molecule has 4 amide bonds. The number of alkyl carbamates (subject to hydrolysis) is 1. The molecule has 0 saturated carbocycles. The molecule has 6 atom stereocenters. The van der Waals surface area contributed by atoms with E-state index in [2.05, 4.69) is 25.5 Å². The number of anilines is 1. The largest absolute Gasteiger partial charge is 0.465 e. The van der Waals surface area contributed by atoms with Crippen LogP contribution in [0, 0.1) is 23.5 Å². The Hall–Kier alpha value is -6.26. The number of hydrogen-bond acceptors (Lipinski definition) is 8. The number of fused-ring (bicyclic) bond motifs is 2. The van der Waals surface area contributed by atoms with Gasteiger partial charge in [0.05, 0.1) is 53.3 Å². The lowest BCUT2D eigenvalue weighted by atomic mass is 10.0. The average molecular weight is 854 g/mol. The highest BCUT2D eigenvalue weighted by molar-refractivity contribution is 5.87. The lowest BCUT2D eigenvalue weighted by Gasteiger charge is -2.33. The third-order valence-corrected chi connectivity index (χ3v) is 12.7. The second kappa shape index (κ2) is 17.2. The number of nitrogens with one attached hydrogen (secondary N) is 4. The second-order valence-electron chi connectivity index (χ2n) is 17.3. The zero-order chi connectivity index (χ0) is 44.0. The van der Waals surface area contributed by atoms with Crippen LogP contribution < -0.4 is 15.5 Å². The average Bonchev–Trinajstić information content (AvgIpc) is 4.10. The van der Waals surface area contributed by atoms with Crippen LogP contribution in [0.4, 0.5) is 24.1 Å². The van der Waals surface area contributed by atoms with Crippen molar-refractivity contribution in [3.63, 3.8) is 0 Å². The number of carbonyl (C=O) groups excluding carboxylic acids is 3. The van der Waals surface area contributed by atoms with Crippen LogP contribution in [0.25, 0.3) is 22.1 Å². The van der Waals surface area contributed by atoms with Crippen LogP contribution in [-0.4, -0.2) is 91.1 Å². The summed E-state index contributed by atoms with van der Waals surface area (Å²) in [6.45, 7) is 8.38. The molecule has 62 heavy (non-hydrogen) atoms. The van der Waals surface area contributed by atoms with Gasteiger partial charge < -0.3 is 45.1 Å². The second-order valence-corrected chi connectivity index (χ2v) is 17.3. The number of carbonyl (C=O) groups is 4. The SMILES string of the molecule is COC(=O)N[C@H](C(=O)N1CCC[C@H]1c1nc2ccc([C@H]3CC[C@H](c4ccc5[nH]c([C@@H]6CCCN6C(=O)[C@@H](NC(=O)O)C(C)C)nc5c4)N3c3ccc(F)c(F)c3)cc2[nH]1)C(C)C. The Kier molecular flexibility index (Phi) is 11.8. The fraction of sp³-hybridized carbons (Fsp3) is 0.467. The molecule has 0 radical (unpaired) electrons. The van der Waals surface area contributed by atoms with Crippen molar-refractivity contribution in [1.82, 2.24) is 40.4 Å². The minimum atomic E-state index is -1.25. The topological polar surface area (TPSA) is 189 Å². The normalized spacial score (nSPS) is 21.3. The fourth-order valence-corrected chi connectivity index (χ4v) is 9.62. The molecule has 5 heterocycles. The number of aromatic amines is 2. The number of nitrogens with zero attached hydrogens (tertiary/aromatic N) is 5. The Labute approximate surface area is 357 Å². The van der Waals surface area contributed by atoms with Crippen molar-refractivity contribution in [3.05, 3.63) is 89.0 Å². The van der Waals surface area contributed by atoms with Crippen molar-refractivity contribution < 1.29 is 37.8 Å². The van der Waals surface area contributed by atoms with E-state index in [1.807, 2.05) is 64.1 Å². The van der Waals surface area contributed by atoms with Crippen molar-refractivity contribution in [3.8, 4) is 0 Å². The van der Waals surface area contributed by atoms with Gasteiger partial charge in [0.2, 0.25) is 11.8 Å². The molecule has 0 aliphatic carbocycles. The first-order valence-corrected chi connectivity index (χ1v) is 21.4. The molecule has 3 fully saturated rings. The summed E-state index contributed by atoms with van der Waals surface area (Å²) in [6, 6.07) is 13.2. The highest BCUT2D eigenvalue weighted by atomic mass is 19.2. The van der Waals surface area contributed by atoms with E-state index in [0.29, 0.717) is 61.6 Å². The minimum Gasteiger partial charge on any atom is -0.465 e. The van der Waals surface area contributed by atoms with Gasteiger partial charge in [-0.05, 0) is 97.9 Å². The number of hydrogen-bond donors (Lipinski definition) is 5. The Morgan fingerprint density at radius 2 is 1.26 bits per heavy atom. The first-order valence-electron chi connectivity index (χ1n) is 21.4. The Morgan fingerprint density at radius 1 is 0.694 bits per heavy atom. The monoisotopic (exact) mass is 853 g/mol. The Morgan fingerprint density at radius 3 is 1.84 bits per heavy atom. The molecule has 328 valence electrons. The van der Waals surface area contributed by atoms with E-state index in [-0.39, 0.29) is 47.8 Å². The molecular weight excluding hydrogens is 801 g/mol. The summed E-state index contributed by atoms with van der Waals surface area (Å²) in [6.07, 6.45) is 2.41. The van der Waals surface area contributed by atoms with Crippen LogP contribution in [0.3, 0.4) is 0 Å². The number of amides is 4. The van der Waals surface area contributed by atoms with Crippen molar-refractivity contribution in [2.75, 3.05) is 25.1 Å². The van der Waals surface area contributed by atoms with E-state index < -0.39 is 35.9 Å². The zero-order valence-corrected chi connectivity index (χ0v) is 35.5. The molecule has 0 unspecified atom stereocenters. The predicted molar refractivity (Wildman–Crippen MR) is 227 cm³/mol. The van der Waals surface area contributed by atoms with Gasteiger partial charge in [-0.15, -0.1) is 0 Å². The molecule has 5 N–H and O–H groups in total. The molecule has 3 aliphatic rings. The smallest absolute Gasteiger partial charge is 0.407 e. The number of benzene rings is 3. The summed E-state index contributed by atoms with van der Waals surface area (Å²) >= 11 is 0. The van der Waals surface area contributed by atoms with E-state index in [9.17, 15) is 33.1 Å². The van der Waals surface area contributed by atoms with Gasteiger partial charge in [0.15, 0.2) is 11.6 Å². The van der Waals surface area contributed by atoms with Crippen molar-refractivity contribution in [2.45, 2.75) is 102 Å². The van der Waals surface area contributed by atoms with E-state index in [1.54, 1.807) is 15.9 Å². The van der Waals surface area contributed by atoms with Gasteiger partial charge in [0.1, 0.15) is 23.7 Å². The molecule has 0 spiro atoms. The zero-order valence-electron chi connectivity index (χ0n) is 35.5. The molecule has 17 heteroatoms. The molecule has 2 aromatic heterocycles. The van der Waals surface area contributed by atoms with Gasteiger partial charge in [-0.2, -0.15) is 0 Å². The highest BCUT2D eigenvalue weighted by Gasteiger charge is 2.40. The van der Waals surface area contributed by atoms with E-state index in [1.165, 1.54) is 13.2 Å². The first kappa shape index (κ1) is 42.4. The number of aromatic nitrogens is 4. The summed E-state index contributed by atoms with van der Waals surface area (Å²) in [5, 5.41) is 14.5. The Bertz CT molecular complexity index is 2510. The standard InChI is InChI=1S/C45H53F2N9O6/c1-23(2)38(52-44(59)60)42(57)54-18-6-8-36(54)40-48-30-14-10-25(20-32(30)50-40)34-16-17-35(56(34)27-12-13-28(46)29(47)22-27)26-11-15-31-33(21-26)51-41(49-31)37-9-7-19-55(37)43(58)39(24(3)4)53-45(61)62-5/h10-15,20-24,34-39,52H,6-9,16-19H2,1-5H3,(H,48,50)(H,49,51)(H,53,61)(H,59,60)/t34-,35-,36+,37+,38+,39+/m1/s1. The summed E-state index contributed by atoms with van der Waals surface area (Å²) in [5.74, 6) is -1.49. The van der Waals surface area contributed by atoms with E-state index >= 15 is 0 Å². The van der Waals surface area contributed by atoms with Crippen LogP contribution >= 0.6 is 0 Å². The number of halogens is 2. The first-order chi connectivity index (χ1) is 29.7. The minimum absolute atomic E-state index is 0.165. The van der Waals surface area contributed by atoms with Gasteiger partial charge in [0.25, 0.3) is 0 Å². The van der Waals surface area contributed by atoms with Crippen LogP contribution in [0.15, 0.2) is 54.6 Å². The molecular formula is C45H53F2N9O6. The molecule has 3 aliphatic heterocycles. The molecule has 15 nitrogen and oxygen atoms in total. The molecule has 8 rings (SSSR count). The van der Waals surface area contributed by atoms with Crippen molar-refractivity contribution >= 4 is 51.8 Å². The van der Waals surface area contributed by atoms with Crippen LogP contribution in [0.5, 0.6) is 0 Å². The van der Waals surface area contributed by atoms with Gasteiger partial charge in [-0.25, -0.2) is 28.3 Å². The molecule has 5 aromatic rings. The van der Waals surface area contributed by atoms with Gasteiger partial charge in [-0.3, -0.25) is 9.59 Å². The lowest BCUT2D eigenvalue weighted by Crippen LogP contribution is -2.51. The van der Waals surface area contributed by atoms with E-state index in [4.69, 9.17) is 14.7 Å². The summed E-state index contributed by atoms with van der Waals surface area (Å²) in [4.78, 5) is 73.4. The van der Waals surface area contributed by atoms with Gasteiger partial charge >= 0.3 is 12.2 Å². The maximum atomic E-state index is 15.0. The maximum absolute atomic E-state index is 15.0. The molecule has 3 saturated heterocycles. The van der Waals surface area contributed by atoms with Crippen LogP contribution in [-0.2, 0) is 14.3 Å². The molecule has 3 aromatic carbocycles. The number of rotatable bonds is 11. The van der Waals surface area contributed by atoms with Crippen LogP contribution in [0.2, 0.25) is 0 Å². The Balaban J connectivity index is 1.08. The predicted octanol–water partition coefficient (Wildman–Crippen LogP) is 7.80. The summed E-state index contributed by atoms with van der Waals surface area (Å²) in [5.41, 5.74) is 5.40. The number of imidazole rings is 2. The third kappa shape index (κ3) is 8.11. The van der Waals surface area contributed by atoms with Gasteiger partial charge in [0, 0.05) is 24.8 Å². The maximum Gasteiger partial charge on any atom is 0.407 e. The van der Waals surface area contributed by atoms with Crippen LogP contribution in [0.1, 0.15) is 113 Å². The number of carboxylic acid groups (broad SMARTS) is 1. The lowest BCUT2D eigenvalue weighted by molar-refractivity contribution is -0.136. The highest BCUT2D eigenvalue weighted by Crippen LogP contribution is 2.48.